The summed E-state index contributed by atoms with van der Waals surface area (Å²) in [6.45, 7) is 2.41. The quantitative estimate of drug-likeness (QED) is 0.338. The number of rotatable bonds is 8. The maximum absolute atomic E-state index is 12.7. The molecule has 0 saturated heterocycles. The molecule has 168 valence electrons. The molecule has 0 spiro atoms. The Hall–Kier alpha value is -3.95. The van der Waals surface area contributed by atoms with Crippen LogP contribution in [0.1, 0.15) is 16.7 Å². The molecule has 3 rings (SSSR count). The van der Waals surface area contributed by atoms with E-state index in [0.717, 1.165) is 11.1 Å². The Kier molecular flexibility index (Phi) is 7.96. The number of benzene rings is 3. The van der Waals surface area contributed by atoms with E-state index in [1.807, 2.05) is 31.2 Å². The first-order valence-corrected chi connectivity index (χ1v) is 10.4. The van der Waals surface area contributed by atoms with Crippen LogP contribution in [0.3, 0.4) is 0 Å². The van der Waals surface area contributed by atoms with Gasteiger partial charge >= 0.3 is 0 Å². The zero-order chi connectivity index (χ0) is 23.8. The third-order valence-corrected chi connectivity index (χ3v) is 4.99. The molecule has 3 aromatic carbocycles. The average Bonchev–Trinajstić information content (AvgIpc) is 2.81. The van der Waals surface area contributed by atoms with Gasteiger partial charge in [-0.1, -0.05) is 47.5 Å². The number of carbonyl (C=O) groups excluding carboxylic acids is 1. The summed E-state index contributed by atoms with van der Waals surface area (Å²) < 4.78 is 16.6. The highest BCUT2D eigenvalue weighted by atomic mass is 35.5. The van der Waals surface area contributed by atoms with Crippen molar-refractivity contribution in [3.63, 3.8) is 0 Å². The van der Waals surface area contributed by atoms with Crippen molar-refractivity contribution in [3.05, 3.63) is 87.9 Å². The van der Waals surface area contributed by atoms with Crippen molar-refractivity contribution in [3.8, 4) is 23.3 Å². The Morgan fingerprint density at radius 2 is 1.79 bits per heavy atom. The molecule has 0 heterocycles. The molecule has 0 radical (unpaired) electrons. The minimum absolute atomic E-state index is 0.0903. The fourth-order valence-electron chi connectivity index (χ4n) is 3.14. The molecule has 0 atom stereocenters. The van der Waals surface area contributed by atoms with Crippen molar-refractivity contribution in [2.75, 3.05) is 19.5 Å². The number of methoxy groups -OCH3 is 2. The van der Waals surface area contributed by atoms with Crippen molar-refractivity contribution >= 4 is 29.3 Å². The van der Waals surface area contributed by atoms with Crippen molar-refractivity contribution in [2.24, 2.45) is 0 Å². The number of carbonyl (C=O) groups is 1. The highest BCUT2D eigenvalue weighted by Gasteiger charge is 2.14. The van der Waals surface area contributed by atoms with Gasteiger partial charge in [0.2, 0.25) is 0 Å². The molecule has 6 nitrogen and oxygen atoms in total. The van der Waals surface area contributed by atoms with Gasteiger partial charge in [0.15, 0.2) is 11.5 Å². The summed E-state index contributed by atoms with van der Waals surface area (Å²) in [4.78, 5) is 12.7. The van der Waals surface area contributed by atoms with Gasteiger partial charge in [-0.05, 0) is 54.5 Å². The molecule has 33 heavy (non-hydrogen) atoms. The van der Waals surface area contributed by atoms with E-state index < -0.39 is 5.91 Å². The van der Waals surface area contributed by atoms with Crippen molar-refractivity contribution in [2.45, 2.75) is 13.5 Å². The fourth-order valence-corrected chi connectivity index (χ4v) is 3.31. The second-order valence-corrected chi connectivity index (χ2v) is 7.59. The summed E-state index contributed by atoms with van der Waals surface area (Å²) in [6, 6.07) is 20.0. The molecule has 0 aliphatic heterocycles. The molecular weight excluding hydrogens is 440 g/mol. The standard InChI is InChI=1S/C26H23ClN2O4/c1-17-5-4-6-19(11-17)16-33-24-9-7-18(13-25(24)32-3)12-20(15-28)26(30)29-22-14-21(27)8-10-23(22)31-2/h4-14H,16H2,1-3H3,(H,29,30)/b20-12+. The number of hydrogen-bond acceptors (Lipinski definition) is 5. The van der Waals surface area contributed by atoms with Crippen LogP contribution in [-0.4, -0.2) is 20.1 Å². The second-order valence-electron chi connectivity index (χ2n) is 7.16. The van der Waals surface area contributed by atoms with Crippen molar-refractivity contribution in [1.82, 2.24) is 0 Å². The number of hydrogen-bond donors (Lipinski definition) is 1. The number of halogens is 1. The molecular formula is C26H23ClN2O4. The summed E-state index contributed by atoms with van der Waals surface area (Å²) in [5, 5.41) is 12.6. The topological polar surface area (TPSA) is 80.6 Å². The average molecular weight is 463 g/mol. The first-order chi connectivity index (χ1) is 15.9. The minimum atomic E-state index is -0.586. The summed E-state index contributed by atoms with van der Waals surface area (Å²) in [6.07, 6.45) is 1.47. The summed E-state index contributed by atoms with van der Waals surface area (Å²) in [7, 11) is 3.01. The van der Waals surface area contributed by atoms with Gasteiger partial charge in [0.25, 0.3) is 5.91 Å². The molecule has 7 heteroatoms. The van der Waals surface area contributed by atoms with Gasteiger partial charge in [0.05, 0.1) is 19.9 Å². The van der Waals surface area contributed by atoms with Crippen LogP contribution in [0.15, 0.2) is 66.2 Å². The van der Waals surface area contributed by atoms with E-state index >= 15 is 0 Å². The highest BCUT2D eigenvalue weighted by molar-refractivity contribution is 6.31. The van der Waals surface area contributed by atoms with Gasteiger partial charge in [0.1, 0.15) is 24.0 Å². The second kappa shape index (κ2) is 11.1. The number of nitrogens with one attached hydrogen (secondary N) is 1. The lowest BCUT2D eigenvalue weighted by molar-refractivity contribution is -0.112. The van der Waals surface area contributed by atoms with Crippen LogP contribution in [0.2, 0.25) is 5.02 Å². The Bertz CT molecular complexity index is 1230. The van der Waals surface area contributed by atoms with Crippen LogP contribution >= 0.6 is 11.6 Å². The first-order valence-electron chi connectivity index (χ1n) is 10.1. The third-order valence-electron chi connectivity index (χ3n) is 4.75. The number of nitriles is 1. The Morgan fingerprint density at radius 1 is 1.03 bits per heavy atom. The van der Waals surface area contributed by atoms with Crippen molar-refractivity contribution in [1.29, 1.82) is 5.26 Å². The van der Waals surface area contributed by atoms with Gasteiger partial charge in [-0.3, -0.25) is 4.79 Å². The first kappa shape index (κ1) is 23.7. The highest BCUT2D eigenvalue weighted by Crippen LogP contribution is 2.31. The molecule has 3 aromatic rings. The molecule has 0 fully saturated rings. The molecule has 0 saturated carbocycles. The number of ether oxygens (including phenoxy) is 3. The Balaban J connectivity index is 1.78. The molecule has 1 N–H and O–H groups in total. The maximum atomic E-state index is 12.7. The van der Waals surface area contributed by atoms with E-state index in [4.69, 9.17) is 25.8 Å². The molecule has 0 aliphatic rings. The van der Waals surface area contributed by atoms with Crippen LogP contribution in [0, 0.1) is 18.3 Å². The summed E-state index contributed by atoms with van der Waals surface area (Å²) in [5.74, 6) is 0.895. The van der Waals surface area contributed by atoms with E-state index in [2.05, 4.69) is 11.4 Å². The summed E-state index contributed by atoms with van der Waals surface area (Å²) >= 11 is 6.01. The van der Waals surface area contributed by atoms with E-state index in [1.54, 1.807) is 36.4 Å². The third kappa shape index (κ3) is 6.28. The minimum Gasteiger partial charge on any atom is -0.495 e. The normalized spacial score (nSPS) is 10.8. The number of anilines is 1. The lowest BCUT2D eigenvalue weighted by Crippen LogP contribution is -2.14. The smallest absolute Gasteiger partial charge is 0.266 e. The number of nitrogens with zero attached hydrogens (tertiary/aromatic N) is 1. The largest absolute Gasteiger partial charge is 0.495 e. The zero-order valence-corrected chi connectivity index (χ0v) is 19.3. The molecule has 1 amide bonds. The zero-order valence-electron chi connectivity index (χ0n) is 18.5. The van der Waals surface area contributed by atoms with Crippen molar-refractivity contribution < 1.29 is 19.0 Å². The number of aryl methyl sites for hydroxylation is 1. The van der Waals surface area contributed by atoms with Gasteiger partial charge in [-0.25, -0.2) is 0 Å². The fraction of sp³-hybridized carbons (Fsp3) is 0.154. The van der Waals surface area contributed by atoms with Gasteiger partial charge < -0.3 is 19.5 Å². The maximum Gasteiger partial charge on any atom is 0.266 e. The van der Waals surface area contributed by atoms with E-state index in [-0.39, 0.29) is 5.57 Å². The Morgan fingerprint density at radius 3 is 2.48 bits per heavy atom. The molecule has 0 unspecified atom stereocenters. The van der Waals surface area contributed by atoms with Crippen LogP contribution in [-0.2, 0) is 11.4 Å². The molecule has 0 bridgehead atoms. The summed E-state index contributed by atoms with van der Waals surface area (Å²) in [5.41, 5.74) is 3.09. The Labute approximate surface area is 198 Å². The monoisotopic (exact) mass is 462 g/mol. The van der Waals surface area contributed by atoms with E-state index in [1.165, 1.54) is 20.3 Å². The van der Waals surface area contributed by atoms with Gasteiger partial charge in [-0.15, -0.1) is 0 Å². The predicted molar refractivity (Wildman–Crippen MR) is 129 cm³/mol. The van der Waals surface area contributed by atoms with Crippen LogP contribution in [0.4, 0.5) is 5.69 Å². The SMILES string of the molecule is COc1ccc(Cl)cc1NC(=O)/C(C#N)=C/c1ccc(OCc2cccc(C)c2)c(OC)c1. The number of amides is 1. The van der Waals surface area contributed by atoms with Crippen LogP contribution < -0.4 is 19.5 Å². The lowest BCUT2D eigenvalue weighted by atomic mass is 10.1. The van der Waals surface area contributed by atoms with E-state index in [9.17, 15) is 10.1 Å². The molecule has 0 aliphatic carbocycles. The lowest BCUT2D eigenvalue weighted by Gasteiger charge is -2.12. The van der Waals surface area contributed by atoms with Gasteiger partial charge in [-0.2, -0.15) is 5.26 Å². The molecule has 0 aromatic heterocycles. The van der Waals surface area contributed by atoms with Crippen LogP contribution in [0.5, 0.6) is 17.2 Å². The van der Waals surface area contributed by atoms with E-state index in [0.29, 0.717) is 40.1 Å². The predicted octanol–water partition coefficient (Wildman–Crippen LogP) is 5.79. The van der Waals surface area contributed by atoms with Crippen LogP contribution in [0.25, 0.3) is 6.08 Å². The van der Waals surface area contributed by atoms with Gasteiger partial charge in [0, 0.05) is 5.02 Å².